The molecule has 2 N–H and O–H groups in total. The first kappa shape index (κ1) is 24.4. The van der Waals surface area contributed by atoms with E-state index in [-0.39, 0.29) is 23.6 Å². The molecule has 0 spiro atoms. The molecule has 0 aliphatic carbocycles. The van der Waals surface area contributed by atoms with Gasteiger partial charge in [-0.1, -0.05) is 30.3 Å². The average Bonchev–Trinajstić information content (AvgIpc) is 2.84. The van der Waals surface area contributed by atoms with Crippen LogP contribution < -0.4 is 15.4 Å². The number of nitrogens with one attached hydrogen (secondary N) is 2. The number of carbonyl (C=O) groups excluding carboxylic acids is 3. The number of benzene rings is 3. The number of ether oxygens (including phenoxy) is 2. The van der Waals surface area contributed by atoms with Gasteiger partial charge in [-0.05, 0) is 60.9 Å². The number of methoxy groups -OCH3 is 1. The minimum absolute atomic E-state index is 0.120. The predicted molar refractivity (Wildman–Crippen MR) is 126 cm³/mol. The molecule has 0 heterocycles. The summed E-state index contributed by atoms with van der Waals surface area (Å²) in [4.78, 5) is 37.1. The molecule has 2 amide bonds. The second kappa shape index (κ2) is 11.6. The number of carbonyl (C=O) groups is 3. The smallest absolute Gasteiger partial charge is 0.340 e. The molecular formula is C26H25FN2O5. The Morgan fingerprint density at radius 3 is 2.32 bits per heavy atom. The molecular weight excluding hydrogens is 439 g/mol. The van der Waals surface area contributed by atoms with E-state index >= 15 is 0 Å². The third-order valence-corrected chi connectivity index (χ3v) is 5.03. The van der Waals surface area contributed by atoms with E-state index in [0.29, 0.717) is 17.7 Å². The SMILES string of the molecule is COc1ccc(CCC(=O)Nc2ccccc2C(=O)OCC(=O)Nc2cc(F)ccc2C)cc1. The van der Waals surface area contributed by atoms with Gasteiger partial charge in [-0.3, -0.25) is 9.59 Å². The molecule has 3 aromatic carbocycles. The summed E-state index contributed by atoms with van der Waals surface area (Å²) < 4.78 is 23.6. The lowest BCUT2D eigenvalue weighted by Gasteiger charge is -2.12. The van der Waals surface area contributed by atoms with Crippen molar-refractivity contribution in [2.75, 3.05) is 24.4 Å². The van der Waals surface area contributed by atoms with Gasteiger partial charge in [0.1, 0.15) is 11.6 Å². The number of hydrogen-bond donors (Lipinski definition) is 2. The van der Waals surface area contributed by atoms with Crippen LogP contribution in [0.5, 0.6) is 5.75 Å². The van der Waals surface area contributed by atoms with Crippen molar-refractivity contribution in [2.24, 2.45) is 0 Å². The lowest BCUT2D eigenvalue weighted by molar-refractivity contribution is -0.119. The highest BCUT2D eigenvalue weighted by atomic mass is 19.1. The Hall–Kier alpha value is -4.20. The van der Waals surface area contributed by atoms with Crippen LogP contribution in [0.3, 0.4) is 0 Å². The largest absolute Gasteiger partial charge is 0.497 e. The molecule has 0 bridgehead atoms. The molecule has 0 fully saturated rings. The lowest BCUT2D eigenvalue weighted by atomic mass is 10.1. The Labute approximate surface area is 196 Å². The molecule has 3 aromatic rings. The van der Waals surface area contributed by atoms with Crippen LogP contribution in [0.2, 0.25) is 0 Å². The molecule has 0 aromatic heterocycles. The summed E-state index contributed by atoms with van der Waals surface area (Å²) >= 11 is 0. The topological polar surface area (TPSA) is 93.7 Å². The Balaban J connectivity index is 1.54. The van der Waals surface area contributed by atoms with Crippen LogP contribution in [0.1, 0.15) is 27.9 Å². The minimum Gasteiger partial charge on any atom is -0.497 e. The number of hydrogen-bond acceptors (Lipinski definition) is 5. The summed E-state index contributed by atoms with van der Waals surface area (Å²) in [7, 11) is 1.59. The quantitative estimate of drug-likeness (QED) is 0.455. The van der Waals surface area contributed by atoms with Crippen LogP contribution in [0.15, 0.2) is 66.7 Å². The second-order valence-corrected chi connectivity index (χ2v) is 7.53. The van der Waals surface area contributed by atoms with Crippen molar-refractivity contribution < 1.29 is 28.2 Å². The first-order valence-corrected chi connectivity index (χ1v) is 10.6. The van der Waals surface area contributed by atoms with Gasteiger partial charge < -0.3 is 20.1 Å². The highest BCUT2D eigenvalue weighted by molar-refractivity contribution is 6.02. The van der Waals surface area contributed by atoms with Crippen LogP contribution in [0.25, 0.3) is 0 Å². The van der Waals surface area contributed by atoms with Crippen LogP contribution in [0, 0.1) is 12.7 Å². The highest BCUT2D eigenvalue weighted by Gasteiger charge is 2.16. The van der Waals surface area contributed by atoms with Crippen LogP contribution in [-0.2, 0) is 20.7 Å². The summed E-state index contributed by atoms with van der Waals surface area (Å²) in [6.07, 6.45) is 0.729. The van der Waals surface area contributed by atoms with Gasteiger partial charge in [0.15, 0.2) is 6.61 Å². The van der Waals surface area contributed by atoms with Gasteiger partial charge in [0, 0.05) is 12.1 Å². The van der Waals surface area contributed by atoms with Crippen LogP contribution in [-0.4, -0.2) is 31.5 Å². The van der Waals surface area contributed by atoms with E-state index in [1.54, 1.807) is 32.2 Å². The van der Waals surface area contributed by atoms with Gasteiger partial charge in [-0.25, -0.2) is 9.18 Å². The van der Waals surface area contributed by atoms with Gasteiger partial charge in [0.05, 0.1) is 18.4 Å². The second-order valence-electron chi connectivity index (χ2n) is 7.53. The highest BCUT2D eigenvalue weighted by Crippen LogP contribution is 2.19. The van der Waals surface area contributed by atoms with Crippen LogP contribution >= 0.6 is 0 Å². The zero-order valence-corrected chi connectivity index (χ0v) is 18.9. The molecule has 0 unspecified atom stereocenters. The normalized spacial score (nSPS) is 10.3. The van der Waals surface area contributed by atoms with Crippen molar-refractivity contribution in [2.45, 2.75) is 19.8 Å². The van der Waals surface area contributed by atoms with E-state index < -0.39 is 24.3 Å². The Bertz CT molecular complexity index is 1180. The molecule has 0 saturated heterocycles. The first-order chi connectivity index (χ1) is 16.4. The molecule has 7 nitrogen and oxygen atoms in total. The summed E-state index contributed by atoms with van der Waals surface area (Å²) in [5.74, 6) is -1.40. The maximum absolute atomic E-state index is 13.4. The van der Waals surface area contributed by atoms with Crippen molar-refractivity contribution >= 4 is 29.2 Å². The number of rotatable bonds is 9. The monoisotopic (exact) mass is 464 g/mol. The standard InChI is InChI=1S/C26H25FN2O5/c1-17-7-11-19(27)15-23(17)29-25(31)16-34-26(32)21-5-3-4-6-22(21)28-24(30)14-10-18-8-12-20(33-2)13-9-18/h3-9,11-13,15H,10,14,16H2,1-2H3,(H,28,30)(H,29,31). The van der Waals surface area contributed by atoms with Crippen LogP contribution in [0.4, 0.5) is 15.8 Å². The molecule has 8 heteroatoms. The van der Waals surface area contributed by atoms with Crippen molar-refractivity contribution in [1.82, 2.24) is 0 Å². The molecule has 34 heavy (non-hydrogen) atoms. The maximum Gasteiger partial charge on any atom is 0.340 e. The number of anilines is 2. The number of esters is 1. The van der Waals surface area contributed by atoms with Crippen molar-refractivity contribution in [3.05, 3.63) is 89.2 Å². The summed E-state index contributed by atoms with van der Waals surface area (Å²) in [6.45, 7) is 1.16. The van der Waals surface area contributed by atoms with Crippen molar-refractivity contribution in [3.8, 4) is 5.75 Å². The van der Waals surface area contributed by atoms with Gasteiger partial charge in [-0.15, -0.1) is 0 Å². The Morgan fingerprint density at radius 2 is 1.59 bits per heavy atom. The Kier molecular flexibility index (Phi) is 8.34. The zero-order valence-electron chi connectivity index (χ0n) is 18.9. The molecule has 0 saturated carbocycles. The minimum atomic E-state index is -0.767. The molecule has 176 valence electrons. The number of para-hydroxylation sites is 1. The Morgan fingerprint density at radius 1 is 0.882 bits per heavy atom. The lowest BCUT2D eigenvalue weighted by Crippen LogP contribution is -2.22. The van der Waals surface area contributed by atoms with Gasteiger partial charge in [-0.2, -0.15) is 0 Å². The summed E-state index contributed by atoms with van der Waals surface area (Å²) in [5, 5.41) is 5.23. The fraction of sp³-hybridized carbons (Fsp3) is 0.192. The van der Waals surface area contributed by atoms with E-state index in [2.05, 4.69) is 10.6 Å². The van der Waals surface area contributed by atoms with E-state index in [9.17, 15) is 18.8 Å². The maximum atomic E-state index is 13.4. The molecule has 0 aliphatic heterocycles. The molecule has 3 rings (SSSR count). The number of aryl methyl sites for hydroxylation is 2. The predicted octanol–water partition coefficient (Wildman–Crippen LogP) is 4.51. The summed E-state index contributed by atoms with van der Waals surface area (Å²) in [5.41, 5.74) is 2.35. The number of amides is 2. The third kappa shape index (κ3) is 6.90. The van der Waals surface area contributed by atoms with E-state index in [0.717, 1.165) is 11.3 Å². The van der Waals surface area contributed by atoms with Crippen molar-refractivity contribution in [3.63, 3.8) is 0 Å². The van der Waals surface area contributed by atoms with E-state index in [1.807, 2.05) is 24.3 Å². The fourth-order valence-electron chi connectivity index (χ4n) is 3.16. The first-order valence-electron chi connectivity index (χ1n) is 10.6. The molecule has 0 aliphatic rings. The van der Waals surface area contributed by atoms with Crippen molar-refractivity contribution in [1.29, 1.82) is 0 Å². The van der Waals surface area contributed by atoms with E-state index in [1.165, 1.54) is 24.3 Å². The molecule has 0 radical (unpaired) electrons. The van der Waals surface area contributed by atoms with Gasteiger partial charge in [0.2, 0.25) is 5.91 Å². The van der Waals surface area contributed by atoms with Gasteiger partial charge in [0.25, 0.3) is 5.91 Å². The molecule has 0 atom stereocenters. The summed E-state index contributed by atoms with van der Waals surface area (Å²) in [6, 6.07) is 17.8. The van der Waals surface area contributed by atoms with Gasteiger partial charge >= 0.3 is 5.97 Å². The third-order valence-electron chi connectivity index (χ3n) is 5.03. The fourth-order valence-corrected chi connectivity index (χ4v) is 3.16. The zero-order chi connectivity index (χ0) is 24.5. The average molecular weight is 464 g/mol. The number of halogens is 1. The van der Waals surface area contributed by atoms with E-state index in [4.69, 9.17) is 9.47 Å².